The SMILES string of the molecule is C=CC(=O)N[C@@H](C)c1cc(-c2ccc(OC(C)(F)F)cc2)c2c(c1CO)CCO2. The fourth-order valence-corrected chi connectivity index (χ4v) is 3.51. The van der Waals surface area contributed by atoms with Gasteiger partial charge in [-0.05, 0) is 47.9 Å². The minimum absolute atomic E-state index is 0.0534. The van der Waals surface area contributed by atoms with Crippen molar-refractivity contribution in [1.82, 2.24) is 5.32 Å². The van der Waals surface area contributed by atoms with Crippen LogP contribution in [-0.4, -0.2) is 23.7 Å². The lowest BCUT2D eigenvalue weighted by atomic mass is 9.90. The van der Waals surface area contributed by atoms with E-state index >= 15 is 0 Å². The molecule has 0 saturated heterocycles. The molecular formula is C22H23F2NO4. The van der Waals surface area contributed by atoms with Gasteiger partial charge in [0.2, 0.25) is 5.91 Å². The first kappa shape index (κ1) is 20.8. The normalized spacial score (nSPS) is 14.0. The molecule has 2 N–H and O–H groups in total. The highest BCUT2D eigenvalue weighted by molar-refractivity contribution is 5.87. The molecule has 1 amide bonds. The molecule has 154 valence electrons. The van der Waals surface area contributed by atoms with Crippen molar-refractivity contribution in [2.75, 3.05) is 6.61 Å². The van der Waals surface area contributed by atoms with Gasteiger partial charge >= 0.3 is 6.11 Å². The van der Waals surface area contributed by atoms with Gasteiger partial charge in [-0.1, -0.05) is 18.7 Å². The van der Waals surface area contributed by atoms with Crippen LogP contribution in [0.15, 0.2) is 43.0 Å². The summed E-state index contributed by atoms with van der Waals surface area (Å²) in [7, 11) is 0. The second kappa shape index (κ2) is 8.21. The number of rotatable bonds is 7. The monoisotopic (exact) mass is 403 g/mol. The highest BCUT2D eigenvalue weighted by atomic mass is 19.3. The molecule has 0 saturated carbocycles. The van der Waals surface area contributed by atoms with Crippen molar-refractivity contribution in [2.24, 2.45) is 0 Å². The second-order valence-corrected chi connectivity index (χ2v) is 6.92. The lowest BCUT2D eigenvalue weighted by molar-refractivity contribution is -0.158. The Kier molecular flexibility index (Phi) is 5.88. The molecule has 2 aromatic rings. The van der Waals surface area contributed by atoms with Crippen molar-refractivity contribution < 1.29 is 28.2 Å². The molecule has 5 nitrogen and oxygen atoms in total. The number of carbonyl (C=O) groups excluding carboxylic acids is 1. The van der Waals surface area contributed by atoms with Crippen molar-refractivity contribution in [3.63, 3.8) is 0 Å². The zero-order chi connectivity index (χ0) is 21.2. The Morgan fingerprint density at radius 1 is 1.41 bits per heavy atom. The average molecular weight is 403 g/mol. The van der Waals surface area contributed by atoms with Gasteiger partial charge in [0, 0.05) is 24.5 Å². The predicted octanol–water partition coefficient (Wildman–Crippen LogP) is 4.14. The molecule has 0 fully saturated rings. The topological polar surface area (TPSA) is 67.8 Å². The third-order valence-corrected chi connectivity index (χ3v) is 4.76. The summed E-state index contributed by atoms with van der Waals surface area (Å²) in [5.41, 5.74) is 3.90. The number of ether oxygens (including phenoxy) is 2. The van der Waals surface area contributed by atoms with Crippen LogP contribution in [0.1, 0.15) is 36.6 Å². The van der Waals surface area contributed by atoms with E-state index in [1.807, 2.05) is 13.0 Å². The van der Waals surface area contributed by atoms with Crippen LogP contribution in [0.4, 0.5) is 8.78 Å². The van der Waals surface area contributed by atoms with Crippen LogP contribution in [0.3, 0.4) is 0 Å². The third-order valence-electron chi connectivity index (χ3n) is 4.76. The highest BCUT2D eigenvalue weighted by Gasteiger charge is 2.27. The first-order valence-corrected chi connectivity index (χ1v) is 9.26. The first-order chi connectivity index (χ1) is 13.7. The number of hydrogen-bond acceptors (Lipinski definition) is 4. The van der Waals surface area contributed by atoms with E-state index in [1.54, 1.807) is 12.1 Å². The zero-order valence-corrected chi connectivity index (χ0v) is 16.3. The quantitative estimate of drug-likeness (QED) is 0.682. The predicted molar refractivity (Wildman–Crippen MR) is 105 cm³/mol. The average Bonchev–Trinajstić information content (AvgIpc) is 3.15. The van der Waals surface area contributed by atoms with Gasteiger partial charge in [-0.25, -0.2) is 0 Å². The molecule has 0 unspecified atom stereocenters. The number of carbonyl (C=O) groups is 1. The summed E-state index contributed by atoms with van der Waals surface area (Å²) in [6, 6.07) is 7.77. The molecule has 0 bridgehead atoms. The van der Waals surface area contributed by atoms with Crippen LogP contribution >= 0.6 is 0 Å². The van der Waals surface area contributed by atoms with Crippen LogP contribution in [0, 0.1) is 0 Å². The third kappa shape index (κ3) is 4.56. The van der Waals surface area contributed by atoms with E-state index in [0.29, 0.717) is 25.7 Å². The number of fused-ring (bicyclic) bond motifs is 1. The van der Waals surface area contributed by atoms with Crippen molar-refractivity contribution >= 4 is 5.91 Å². The highest BCUT2D eigenvalue weighted by Crippen LogP contribution is 2.42. The zero-order valence-electron chi connectivity index (χ0n) is 16.3. The van der Waals surface area contributed by atoms with E-state index in [1.165, 1.54) is 18.2 Å². The summed E-state index contributed by atoms with van der Waals surface area (Å²) in [6.07, 6.45) is -1.44. The molecule has 2 aromatic carbocycles. The Bertz CT molecular complexity index is 920. The van der Waals surface area contributed by atoms with Crippen molar-refractivity contribution in [3.05, 3.63) is 59.7 Å². The Morgan fingerprint density at radius 2 is 2.10 bits per heavy atom. The number of amides is 1. The van der Waals surface area contributed by atoms with Gasteiger partial charge in [0.1, 0.15) is 11.5 Å². The van der Waals surface area contributed by atoms with E-state index in [4.69, 9.17) is 4.74 Å². The van der Waals surface area contributed by atoms with E-state index in [2.05, 4.69) is 16.6 Å². The van der Waals surface area contributed by atoms with Crippen LogP contribution in [-0.2, 0) is 17.8 Å². The van der Waals surface area contributed by atoms with Gasteiger partial charge in [0.25, 0.3) is 0 Å². The Morgan fingerprint density at radius 3 is 2.69 bits per heavy atom. The summed E-state index contributed by atoms with van der Waals surface area (Å²) < 4.78 is 36.5. The Labute approximate surface area is 168 Å². The van der Waals surface area contributed by atoms with E-state index in [0.717, 1.165) is 27.8 Å². The summed E-state index contributed by atoms with van der Waals surface area (Å²) in [6.45, 7) is 6.26. The van der Waals surface area contributed by atoms with Crippen LogP contribution in [0.2, 0.25) is 0 Å². The number of alkyl halides is 2. The first-order valence-electron chi connectivity index (χ1n) is 9.26. The Balaban J connectivity index is 2.05. The number of nitrogens with one attached hydrogen (secondary N) is 1. The van der Waals surface area contributed by atoms with Crippen LogP contribution in [0.25, 0.3) is 11.1 Å². The van der Waals surface area contributed by atoms with Crippen molar-refractivity contribution in [3.8, 4) is 22.6 Å². The fraction of sp³-hybridized carbons (Fsp3) is 0.318. The largest absolute Gasteiger partial charge is 0.492 e. The maximum Gasteiger partial charge on any atom is 0.394 e. The molecule has 29 heavy (non-hydrogen) atoms. The van der Waals surface area contributed by atoms with E-state index in [9.17, 15) is 18.7 Å². The van der Waals surface area contributed by atoms with Gasteiger partial charge in [-0.3, -0.25) is 4.79 Å². The Hall–Kier alpha value is -2.93. The smallest absolute Gasteiger partial charge is 0.394 e. The summed E-state index contributed by atoms with van der Waals surface area (Å²) in [5.74, 6) is 0.397. The molecule has 0 aromatic heterocycles. The van der Waals surface area contributed by atoms with Crippen LogP contribution < -0.4 is 14.8 Å². The van der Waals surface area contributed by atoms with Crippen LogP contribution in [0.5, 0.6) is 11.5 Å². The maximum atomic E-state index is 13.1. The second-order valence-electron chi connectivity index (χ2n) is 6.92. The summed E-state index contributed by atoms with van der Waals surface area (Å²) in [4.78, 5) is 11.7. The van der Waals surface area contributed by atoms with Gasteiger partial charge in [0.05, 0.1) is 19.3 Å². The van der Waals surface area contributed by atoms with Crippen molar-refractivity contribution in [1.29, 1.82) is 0 Å². The molecule has 1 heterocycles. The van der Waals surface area contributed by atoms with Crippen molar-refractivity contribution in [2.45, 2.75) is 39.0 Å². The number of aliphatic hydroxyl groups is 1. The van der Waals surface area contributed by atoms with E-state index < -0.39 is 6.11 Å². The molecule has 3 rings (SSSR count). The minimum Gasteiger partial charge on any atom is -0.492 e. The number of hydrogen-bond donors (Lipinski definition) is 2. The molecule has 0 aliphatic carbocycles. The lowest BCUT2D eigenvalue weighted by Gasteiger charge is -2.21. The lowest BCUT2D eigenvalue weighted by Crippen LogP contribution is -2.25. The number of aliphatic hydroxyl groups excluding tert-OH is 1. The molecule has 0 spiro atoms. The van der Waals surface area contributed by atoms with Gasteiger partial charge in [-0.15, -0.1) is 0 Å². The summed E-state index contributed by atoms with van der Waals surface area (Å²) >= 11 is 0. The molecule has 0 radical (unpaired) electrons. The molecule has 7 heteroatoms. The summed E-state index contributed by atoms with van der Waals surface area (Å²) in [5, 5.41) is 12.8. The molecule has 1 atom stereocenters. The maximum absolute atomic E-state index is 13.1. The molecular weight excluding hydrogens is 380 g/mol. The van der Waals surface area contributed by atoms with Gasteiger partial charge in [-0.2, -0.15) is 8.78 Å². The number of benzene rings is 2. The van der Waals surface area contributed by atoms with Gasteiger partial charge < -0.3 is 19.9 Å². The van der Waals surface area contributed by atoms with E-state index in [-0.39, 0.29) is 24.3 Å². The standard InChI is InChI=1S/C22H23F2NO4/c1-4-20(27)25-13(2)17-11-18(21-16(9-10-28-21)19(17)12-26)14-5-7-15(8-6-14)29-22(3,23)24/h4-8,11,13,26H,1,9-10,12H2,2-3H3,(H,25,27)/t13-/m0/s1. The molecule has 1 aliphatic heterocycles. The minimum atomic E-state index is -3.26. The van der Waals surface area contributed by atoms with Gasteiger partial charge in [0.15, 0.2) is 0 Å². The fourth-order valence-electron chi connectivity index (χ4n) is 3.51. The molecule has 1 aliphatic rings. The number of halogens is 2.